The zero-order valence-corrected chi connectivity index (χ0v) is 11.6. The van der Waals surface area contributed by atoms with Crippen LogP contribution in [0.25, 0.3) is 10.9 Å². The number of aromatic nitrogens is 1. The molecule has 0 aliphatic rings. The minimum atomic E-state index is -0.925. The smallest absolute Gasteiger partial charge is 0.336 e. The van der Waals surface area contributed by atoms with E-state index in [0.29, 0.717) is 17.6 Å². The molecule has 2 aromatic carbocycles. The van der Waals surface area contributed by atoms with E-state index in [2.05, 4.69) is 4.98 Å². The van der Waals surface area contributed by atoms with Crippen molar-refractivity contribution in [2.24, 2.45) is 0 Å². The van der Waals surface area contributed by atoms with Crippen molar-refractivity contribution in [1.82, 2.24) is 4.98 Å². The van der Waals surface area contributed by atoms with Gasteiger partial charge in [-0.1, -0.05) is 24.3 Å². The first kappa shape index (κ1) is 13.2. The maximum atomic E-state index is 11.2. The summed E-state index contributed by atoms with van der Waals surface area (Å²) >= 11 is 0. The van der Waals surface area contributed by atoms with E-state index in [1.165, 1.54) is 0 Å². The number of hydrogen-bond acceptors (Lipinski definition) is 2. The third-order valence-electron chi connectivity index (χ3n) is 3.43. The molecule has 0 fully saturated rings. The van der Waals surface area contributed by atoms with Gasteiger partial charge in [0.2, 0.25) is 0 Å². The molecule has 0 aliphatic carbocycles. The molecular weight excluding hydrogens is 266 g/mol. The van der Waals surface area contributed by atoms with Gasteiger partial charge < -0.3 is 14.8 Å². The van der Waals surface area contributed by atoms with Crippen LogP contribution in [-0.4, -0.2) is 16.1 Å². The van der Waals surface area contributed by atoms with Crippen molar-refractivity contribution in [1.29, 1.82) is 0 Å². The molecule has 0 aliphatic heterocycles. The van der Waals surface area contributed by atoms with Crippen molar-refractivity contribution in [2.75, 3.05) is 0 Å². The number of H-pyrrole nitrogens is 1. The number of aryl methyl sites for hydroxylation is 1. The lowest BCUT2D eigenvalue weighted by Crippen LogP contribution is -1.96. The summed E-state index contributed by atoms with van der Waals surface area (Å²) in [6.45, 7) is 2.36. The summed E-state index contributed by atoms with van der Waals surface area (Å²) in [6.07, 6.45) is 0. The highest BCUT2D eigenvalue weighted by Crippen LogP contribution is 2.22. The molecule has 4 nitrogen and oxygen atoms in total. The van der Waals surface area contributed by atoms with Crippen molar-refractivity contribution < 1.29 is 14.6 Å². The molecule has 1 heterocycles. The largest absolute Gasteiger partial charge is 0.487 e. The van der Waals surface area contributed by atoms with E-state index in [0.717, 1.165) is 22.5 Å². The van der Waals surface area contributed by atoms with Crippen molar-refractivity contribution in [2.45, 2.75) is 13.5 Å². The number of rotatable bonds is 4. The van der Waals surface area contributed by atoms with Crippen molar-refractivity contribution >= 4 is 16.9 Å². The number of carboxylic acids is 1. The summed E-state index contributed by atoms with van der Waals surface area (Å²) in [7, 11) is 0. The number of nitrogens with one attached hydrogen (secondary N) is 1. The predicted octanol–water partition coefficient (Wildman–Crippen LogP) is 3.75. The lowest BCUT2D eigenvalue weighted by Gasteiger charge is -2.07. The van der Waals surface area contributed by atoms with E-state index < -0.39 is 5.97 Å². The lowest BCUT2D eigenvalue weighted by atomic mass is 10.1. The molecule has 3 aromatic rings. The zero-order chi connectivity index (χ0) is 14.8. The highest BCUT2D eigenvalue weighted by molar-refractivity contribution is 6.03. The SMILES string of the molecule is Cc1ccccc1OCc1cc2c(C(=O)O)cccc2[nH]1. The molecule has 3 rings (SSSR count). The normalized spacial score (nSPS) is 10.7. The Morgan fingerprint density at radius 1 is 1.19 bits per heavy atom. The van der Waals surface area contributed by atoms with Crippen LogP contribution in [0.5, 0.6) is 5.75 Å². The summed E-state index contributed by atoms with van der Waals surface area (Å²) < 4.78 is 5.77. The summed E-state index contributed by atoms with van der Waals surface area (Å²) in [5.41, 5.74) is 3.02. The standard InChI is InChI=1S/C17H15NO3/c1-11-5-2-3-8-16(11)21-10-12-9-14-13(17(19)20)6-4-7-15(14)18-12/h2-9,18H,10H2,1H3,(H,19,20). The molecule has 4 heteroatoms. The third kappa shape index (κ3) is 2.60. The zero-order valence-electron chi connectivity index (χ0n) is 11.6. The Hall–Kier alpha value is -2.75. The van der Waals surface area contributed by atoms with Crippen LogP contribution in [0.4, 0.5) is 0 Å². The Kier molecular flexibility index (Phi) is 3.36. The molecule has 21 heavy (non-hydrogen) atoms. The van der Waals surface area contributed by atoms with Gasteiger partial charge in [-0.05, 0) is 36.8 Å². The monoisotopic (exact) mass is 281 g/mol. The average molecular weight is 281 g/mol. The molecule has 0 bridgehead atoms. The topological polar surface area (TPSA) is 62.3 Å². The number of fused-ring (bicyclic) bond motifs is 1. The summed E-state index contributed by atoms with van der Waals surface area (Å²) in [6, 6.07) is 14.8. The van der Waals surface area contributed by atoms with Gasteiger partial charge in [0.25, 0.3) is 0 Å². The highest BCUT2D eigenvalue weighted by atomic mass is 16.5. The molecule has 0 atom stereocenters. The maximum absolute atomic E-state index is 11.2. The molecule has 0 spiro atoms. The first-order valence-electron chi connectivity index (χ1n) is 6.67. The number of aromatic carboxylic acids is 1. The molecule has 1 aromatic heterocycles. The fourth-order valence-electron chi connectivity index (χ4n) is 2.35. The molecular formula is C17H15NO3. The molecule has 0 saturated heterocycles. The Bertz CT molecular complexity index is 805. The van der Waals surface area contributed by atoms with E-state index in [1.807, 2.05) is 43.3 Å². The number of carboxylic acid groups (broad SMARTS) is 1. The van der Waals surface area contributed by atoms with E-state index in [1.54, 1.807) is 12.1 Å². The van der Waals surface area contributed by atoms with Crippen LogP contribution in [0, 0.1) is 6.92 Å². The van der Waals surface area contributed by atoms with Crippen LogP contribution in [0.1, 0.15) is 21.6 Å². The van der Waals surface area contributed by atoms with Crippen molar-refractivity contribution in [3.05, 3.63) is 65.4 Å². The molecule has 0 amide bonds. The number of hydrogen-bond donors (Lipinski definition) is 2. The Labute approximate surface area is 122 Å². The van der Waals surface area contributed by atoms with Gasteiger partial charge in [0.15, 0.2) is 0 Å². The minimum absolute atomic E-state index is 0.297. The van der Waals surface area contributed by atoms with Gasteiger partial charge in [0.1, 0.15) is 12.4 Å². The predicted molar refractivity (Wildman–Crippen MR) is 80.8 cm³/mol. The minimum Gasteiger partial charge on any atom is -0.487 e. The van der Waals surface area contributed by atoms with E-state index in [4.69, 9.17) is 4.74 Å². The van der Waals surface area contributed by atoms with Crippen molar-refractivity contribution in [3.63, 3.8) is 0 Å². The highest BCUT2D eigenvalue weighted by Gasteiger charge is 2.11. The fraction of sp³-hybridized carbons (Fsp3) is 0.118. The lowest BCUT2D eigenvalue weighted by molar-refractivity contribution is 0.0699. The van der Waals surface area contributed by atoms with Gasteiger partial charge in [0, 0.05) is 10.9 Å². The van der Waals surface area contributed by atoms with E-state index >= 15 is 0 Å². The number of benzene rings is 2. The molecule has 2 N–H and O–H groups in total. The maximum Gasteiger partial charge on any atom is 0.336 e. The van der Waals surface area contributed by atoms with E-state index in [9.17, 15) is 9.90 Å². The van der Waals surface area contributed by atoms with Gasteiger partial charge in [-0.15, -0.1) is 0 Å². The number of ether oxygens (including phenoxy) is 1. The second kappa shape index (κ2) is 5.32. The molecule has 106 valence electrons. The first-order valence-corrected chi connectivity index (χ1v) is 6.67. The van der Waals surface area contributed by atoms with Crippen LogP contribution in [-0.2, 0) is 6.61 Å². The van der Waals surface area contributed by atoms with Crippen LogP contribution in [0.15, 0.2) is 48.5 Å². The quantitative estimate of drug-likeness (QED) is 0.765. The molecule has 0 radical (unpaired) electrons. The van der Waals surface area contributed by atoms with Crippen LogP contribution in [0.3, 0.4) is 0 Å². The Morgan fingerprint density at radius 3 is 2.76 bits per heavy atom. The van der Waals surface area contributed by atoms with Crippen LogP contribution in [0.2, 0.25) is 0 Å². The second-order valence-electron chi connectivity index (χ2n) is 4.92. The number of para-hydroxylation sites is 1. The van der Waals surface area contributed by atoms with Crippen LogP contribution >= 0.6 is 0 Å². The molecule has 0 saturated carbocycles. The van der Waals surface area contributed by atoms with Gasteiger partial charge in [-0.25, -0.2) is 4.79 Å². The number of aromatic amines is 1. The summed E-state index contributed by atoms with van der Waals surface area (Å²) in [5.74, 6) is -0.0967. The van der Waals surface area contributed by atoms with Gasteiger partial charge in [-0.3, -0.25) is 0 Å². The van der Waals surface area contributed by atoms with E-state index in [-0.39, 0.29) is 0 Å². The van der Waals surface area contributed by atoms with Crippen LogP contribution < -0.4 is 4.74 Å². The Balaban J connectivity index is 1.87. The van der Waals surface area contributed by atoms with Crippen molar-refractivity contribution in [3.8, 4) is 5.75 Å². The van der Waals surface area contributed by atoms with Gasteiger partial charge in [0.05, 0.1) is 11.3 Å². The van der Waals surface area contributed by atoms with Gasteiger partial charge in [-0.2, -0.15) is 0 Å². The summed E-state index contributed by atoms with van der Waals surface area (Å²) in [5, 5.41) is 9.89. The third-order valence-corrected chi connectivity index (χ3v) is 3.43. The first-order chi connectivity index (χ1) is 10.1. The van der Waals surface area contributed by atoms with Gasteiger partial charge >= 0.3 is 5.97 Å². The summed E-state index contributed by atoms with van der Waals surface area (Å²) in [4.78, 5) is 14.4. The number of carbonyl (C=O) groups is 1. The molecule has 0 unspecified atom stereocenters. The fourth-order valence-corrected chi connectivity index (χ4v) is 2.35. The second-order valence-corrected chi connectivity index (χ2v) is 4.92. The average Bonchev–Trinajstić information content (AvgIpc) is 2.88. The Morgan fingerprint density at radius 2 is 2.00 bits per heavy atom.